The first-order chi connectivity index (χ1) is 10.0. The molecule has 0 aliphatic heterocycles. The smallest absolute Gasteiger partial charge is 0.355 e. The molecule has 0 aromatic rings. The molecule has 12 heteroatoms. The summed E-state index contributed by atoms with van der Waals surface area (Å²) in [4.78, 5) is 57.4. The van der Waals surface area contributed by atoms with Crippen LogP contribution in [-0.2, 0) is 23.5 Å². The Labute approximate surface area is 138 Å². The van der Waals surface area contributed by atoms with E-state index in [1.54, 1.807) is 0 Å². The molecular weight excluding hydrogens is 374 g/mol. The average Bonchev–Trinajstić information content (AvgIpc) is 2.21. The van der Waals surface area contributed by atoms with Gasteiger partial charge in [-0.3, -0.25) is 18.7 Å². The molecule has 0 aromatic carbocycles. The summed E-state index contributed by atoms with van der Waals surface area (Å²) >= 11 is 5.12. The number of unbranched alkanes of at least 4 members (excludes halogenated alkanes) is 1. The molecule has 0 atom stereocenters. The van der Waals surface area contributed by atoms with Gasteiger partial charge in [0, 0.05) is 6.42 Å². The minimum Gasteiger partial charge on any atom is -0.459 e. The second-order valence-electron chi connectivity index (χ2n) is 5.97. The second-order valence-corrected chi connectivity index (χ2v) is 10.4. The van der Waals surface area contributed by atoms with Crippen molar-refractivity contribution in [3.8, 4) is 0 Å². The predicted octanol–water partition coefficient (Wildman–Crippen LogP) is 1.71. The highest BCUT2D eigenvalue weighted by Gasteiger charge is 2.67. The van der Waals surface area contributed by atoms with Crippen molar-refractivity contribution in [2.45, 2.75) is 57.0 Å². The molecule has 0 heterocycles. The van der Waals surface area contributed by atoms with Crippen molar-refractivity contribution in [1.82, 2.24) is 0 Å². The van der Waals surface area contributed by atoms with Gasteiger partial charge in [0.1, 0.15) is 5.60 Å². The number of hydrogen-bond acceptors (Lipinski definition) is 5. The molecule has 0 saturated heterocycles. The van der Waals surface area contributed by atoms with Gasteiger partial charge in [-0.15, -0.1) is 0 Å². The van der Waals surface area contributed by atoms with Gasteiger partial charge >= 0.3 is 21.2 Å². The highest BCUT2D eigenvalue weighted by atomic mass is 35.5. The summed E-state index contributed by atoms with van der Waals surface area (Å²) < 4.78 is 28.3. The molecule has 0 bridgehead atoms. The summed E-state index contributed by atoms with van der Waals surface area (Å²) in [5.41, 5.74) is -1.21. The van der Waals surface area contributed by atoms with Crippen molar-refractivity contribution < 1.29 is 43.0 Å². The number of rotatable bonds is 8. The fourth-order valence-corrected chi connectivity index (χ4v) is 4.75. The minimum atomic E-state index is -5.59. The van der Waals surface area contributed by atoms with Gasteiger partial charge < -0.3 is 24.3 Å². The van der Waals surface area contributed by atoms with Crippen molar-refractivity contribution in [2.75, 3.05) is 0 Å². The highest BCUT2D eigenvalue weighted by Crippen LogP contribution is 2.71. The van der Waals surface area contributed by atoms with Gasteiger partial charge in [-0.2, -0.15) is 0 Å². The first kappa shape index (κ1) is 22.7. The third kappa shape index (κ3) is 6.27. The lowest BCUT2D eigenvalue weighted by Crippen LogP contribution is -2.43. The van der Waals surface area contributed by atoms with Crippen LogP contribution in [0.1, 0.15) is 46.5 Å². The fraction of sp³-hybridized carbons (Fsp3) is 0.818. The lowest BCUT2D eigenvalue weighted by atomic mass is 10.1. The summed E-state index contributed by atoms with van der Waals surface area (Å²) in [5, 5.41) is -0.708. The summed E-state index contributed by atoms with van der Waals surface area (Å²) in [6.07, 6.45) is -1.21. The van der Waals surface area contributed by atoms with Crippen LogP contribution in [0.25, 0.3) is 0 Å². The van der Waals surface area contributed by atoms with Crippen molar-refractivity contribution in [3.05, 3.63) is 0 Å². The summed E-state index contributed by atoms with van der Waals surface area (Å²) in [6, 6.07) is 0. The molecule has 136 valence electrons. The van der Waals surface area contributed by atoms with Crippen LogP contribution in [0.15, 0.2) is 0 Å². The van der Waals surface area contributed by atoms with Crippen molar-refractivity contribution in [3.63, 3.8) is 0 Å². The van der Waals surface area contributed by atoms with Crippen LogP contribution in [0, 0.1) is 0 Å². The summed E-state index contributed by atoms with van der Waals surface area (Å²) in [6.45, 7) is 4.17. The van der Waals surface area contributed by atoms with Gasteiger partial charge in [0.25, 0.3) is 4.90 Å². The maximum atomic E-state index is 12.2. The highest BCUT2D eigenvalue weighted by molar-refractivity contribution is 7.74. The van der Waals surface area contributed by atoms with E-state index >= 15 is 0 Å². The summed E-state index contributed by atoms with van der Waals surface area (Å²) in [7, 11) is -11.2. The Hall–Kier alpha value is -0.270. The number of halogens is 1. The Morgan fingerprint density at radius 3 is 1.74 bits per heavy atom. The van der Waals surface area contributed by atoms with Gasteiger partial charge in [-0.1, -0.05) is 6.42 Å². The number of esters is 1. The van der Waals surface area contributed by atoms with Gasteiger partial charge in [-0.25, -0.2) is 0 Å². The molecule has 0 aliphatic rings. The fourth-order valence-electron chi connectivity index (χ4n) is 1.80. The number of carbonyl (C=O) groups excluding carboxylic acids is 2. The van der Waals surface area contributed by atoms with Crippen LogP contribution < -0.4 is 0 Å². The Bertz CT molecular complexity index is 520. The van der Waals surface area contributed by atoms with Gasteiger partial charge in [0.2, 0.25) is 5.24 Å². The van der Waals surface area contributed by atoms with Crippen LogP contribution in [-0.4, -0.2) is 41.3 Å². The van der Waals surface area contributed by atoms with Gasteiger partial charge in [0.15, 0.2) is 0 Å². The molecule has 4 N–H and O–H groups in total. The maximum absolute atomic E-state index is 12.2. The molecular formula is C11H21ClO9P2. The second kappa shape index (κ2) is 7.74. The Morgan fingerprint density at radius 2 is 1.43 bits per heavy atom. The zero-order valence-electron chi connectivity index (χ0n) is 12.9. The molecule has 0 aliphatic carbocycles. The van der Waals surface area contributed by atoms with Crippen LogP contribution in [0.3, 0.4) is 0 Å². The van der Waals surface area contributed by atoms with Crippen LogP contribution in [0.2, 0.25) is 0 Å². The van der Waals surface area contributed by atoms with E-state index in [0.29, 0.717) is 0 Å². The number of ether oxygens (including phenoxy) is 1. The molecule has 0 rings (SSSR count). The molecule has 0 fully saturated rings. The average molecular weight is 395 g/mol. The largest absolute Gasteiger partial charge is 0.459 e. The Kier molecular flexibility index (Phi) is 7.65. The van der Waals surface area contributed by atoms with E-state index in [0.717, 1.165) is 0 Å². The molecule has 23 heavy (non-hydrogen) atoms. The van der Waals surface area contributed by atoms with Crippen LogP contribution in [0.5, 0.6) is 0 Å². The molecule has 0 amide bonds. The molecule has 0 saturated carbocycles. The zero-order valence-corrected chi connectivity index (χ0v) is 15.5. The first-order valence-electron chi connectivity index (χ1n) is 6.57. The van der Waals surface area contributed by atoms with Crippen LogP contribution in [0.4, 0.5) is 0 Å². The standard InChI is InChI=1S/C11H21ClO9P2/c1-10(2,3)21-9(14)11(22(15,16)17,23(18,19)20)7-5-4-6-8(12)13/h4-7H2,1-3H3,(H2,15,16,17)(H2,18,19,20). The monoisotopic (exact) mass is 394 g/mol. The van der Waals surface area contributed by atoms with Gasteiger partial charge in [0.05, 0.1) is 0 Å². The third-order valence-electron chi connectivity index (χ3n) is 2.84. The Morgan fingerprint density at radius 1 is 1.00 bits per heavy atom. The predicted molar refractivity (Wildman–Crippen MR) is 82.0 cm³/mol. The number of carbonyl (C=O) groups is 2. The normalized spacial score (nSPS) is 13.7. The zero-order chi connectivity index (χ0) is 18.7. The molecule has 0 spiro atoms. The lowest BCUT2D eigenvalue weighted by molar-refractivity contribution is -0.156. The molecule has 0 unspecified atom stereocenters. The first-order valence-corrected chi connectivity index (χ1v) is 10.2. The van der Waals surface area contributed by atoms with E-state index in [2.05, 4.69) is 0 Å². The molecule has 9 nitrogen and oxygen atoms in total. The summed E-state index contributed by atoms with van der Waals surface area (Å²) in [5.74, 6) is -1.68. The quantitative estimate of drug-likeness (QED) is 0.208. The Balaban J connectivity index is 5.74. The van der Waals surface area contributed by atoms with Crippen LogP contribution >= 0.6 is 26.8 Å². The van der Waals surface area contributed by atoms with Crippen molar-refractivity contribution in [2.24, 2.45) is 0 Å². The van der Waals surface area contributed by atoms with E-state index in [1.807, 2.05) is 0 Å². The lowest BCUT2D eigenvalue weighted by Gasteiger charge is -2.34. The van der Waals surface area contributed by atoms with Gasteiger partial charge in [-0.05, 0) is 45.2 Å². The minimum absolute atomic E-state index is 0.00683. The molecule has 0 aromatic heterocycles. The van der Waals surface area contributed by atoms with Crippen molar-refractivity contribution >= 4 is 38.0 Å². The third-order valence-corrected chi connectivity index (χ3v) is 7.33. The topological polar surface area (TPSA) is 158 Å². The SMILES string of the molecule is CC(C)(C)OC(=O)C(CCCCC(=O)Cl)(P(=O)(O)O)P(=O)(O)O. The van der Waals surface area contributed by atoms with E-state index < -0.39 is 43.3 Å². The maximum Gasteiger partial charge on any atom is 0.355 e. The van der Waals surface area contributed by atoms with E-state index in [-0.39, 0.29) is 19.3 Å². The van der Waals surface area contributed by atoms with E-state index in [9.17, 15) is 38.3 Å². The van der Waals surface area contributed by atoms with E-state index in [4.69, 9.17) is 16.3 Å². The number of hydrogen-bond donors (Lipinski definition) is 4. The van der Waals surface area contributed by atoms with E-state index in [1.165, 1.54) is 20.8 Å². The molecule has 0 radical (unpaired) electrons. The van der Waals surface area contributed by atoms with Crippen molar-refractivity contribution in [1.29, 1.82) is 0 Å².